The Labute approximate surface area is 249 Å². The first kappa shape index (κ1) is 27.7. The van der Waals surface area contributed by atoms with Crippen LogP contribution in [0.5, 0.6) is 0 Å². The van der Waals surface area contributed by atoms with E-state index in [1.165, 1.54) is 22.3 Å². The standard InChI is InChI=1S/C37H38N4O/c1-26-15-16-28(3)34(23-26)41-35(25-33(38-41)32-18-17-27(2)29(4)24-32)37(42)40-21-19-39(20-22-40)36(30-11-7-5-8-12-30)31-13-9-6-10-14-31/h5-18,23-25,36H,19-22H2,1-4H3. The van der Waals surface area contributed by atoms with Crippen molar-refractivity contribution in [2.24, 2.45) is 0 Å². The summed E-state index contributed by atoms with van der Waals surface area (Å²) in [6.45, 7) is 11.3. The molecule has 0 aliphatic carbocycles. The third-order valence-corrected chi connectivity index (χ3v) is 8.52. The van der Waals surface area contributed by atoms with Crippen molar-refractivity contribution in [3.8, 4) is 16.9 Å². The Morgan fingerprint density at radius 2 is 1.29 bits per heavy atom. The van der Waals surface area contributed by atoms with Gasteiger partial charge in [-0.25, -0.2) is 4.68 Å². The fraction of sp³-hybridized carbons (Fsp3) is 0.243. The molecule has 42 heavy (non-hydrogen) atoms. The lowest BCUT2D eigenvalue weighted by Gasteiger charge is -2.39. The predicted molar refractivity (Wildman–Crippen MR) is 170 cm³/mol. The lowest BCUT2D eigenvalue weighted by atomic mass is 9.96. The van der Waals surface area contributed by atoms with Crippen LogP contribution >= 0.6 is 0 Å². The molecule has 0 spiro atoms. The van der Waals surface area contributed by atoms with Gasteiger partial charge in [0.2, 0.25) is 0 Å². The highest BCUT2D eigenvalue weighted by atomic mass is 16.2. The molecule has 0 radical (unpaired) electrons. The van der Waals surface area contributed by atoms with Crippen molar-refractivity contribution in [1.29, 1.82) is 0 Å². The molecule has 5 heteroatoms. The van der Waals surface area contributed by atoms with Gasteiger partial charge in [0.1, 0.15) is 5.69 Å². The normalized spacial score (nSPS) is 14.0. The Hall–Kier alpha value is -4.48. The summed E-state index contributed by atoms with van der Waals surface area (Å²) in [6, 6.07) is 36.2. The van der Waals surface area contributed by atoms with Gasteiger partial charge in [-0.15, -0.1) is 0 Å². The van der Waals surface area contributed by atoms with Gasteiger partial charge in [0.15, 0.2) is 0 Å². The van der Waals surface area contributed by atoms with Crippen LogP contribution in [0.2, 0.25) is 0 Å². The van der Waals surface area contributed by atoms with E-state index < -0.39 is 0 Å². The molecule has 2 heterocycles. The Morgan fingerprint density at radius 3 is 1.90 bits per heavy atom. The number of aromatic nitrogens is 2. The van der Waals surface area contributed by atoms with Crippen LogP contribution < -0.4 is 0 Å². The topological polar surface area (TPSA) is 41.4 Å². The Bertz CT molecular complexity index is 1660. The number of carbonyl (C=O) groups is 1. The molecule has 5 aromatic rings. The second-order valence-electron chi connectivity index (χ2n) is 11.5. The molecule has 212 valence electrons. The molecule has 4 aromatic carbocycles. The monoisotopic (exact) mass is 554 g/mol. The van der Waals surface area contributed by atoms with Crippen molar-refractivity contribution < 1.29 is 4.79 Å². The molecule has 1 aliphatic heterocycles. The number of amides is 1. The van der Waals surface area contributed by atoms with E-state index >= 15 is 0 Å². The fourth-order valence-corrected chi connectivity index (χ4v) is 5.94. The molecule has 5 nitrogen and oxygen atoms in total. The maximum Gasteiger partial charge on any atom is 0.272 e. The highest BCUT2D eigenvalue weighted by molar-refractivity contribution is 5.94. The van der Waals surface area contributed by atoms with Crippen molar-refractivity contribution >= 4 is 5.91 Å². The van der Waals surface area contributed by atoms with E-state index in [2.05, 4.69) is 130 Å². The number of rotatable bonds is 6. The average Bonchev–Trinajstić information content (AvgIpc) is 3.46. The first-order chi connectivity index (χ1) is 20.4. The van der Waals surface area contributed by atoms with Crippen molar-refractivity contribution in [3.63, 3.8) is 0 Å². The van der Waals surface area contributed by atoms with E-state index in [-0.39, 0.29) is 11.9 Å². The van der Waals surface area contributed by atoms with Crippen LogP contribution in [0.3, 0.4) is 0 Å². The number of hydrogen-bond acceptors (Lipinski definition) is 3. The zero-order valence-electron chi connectivity index (χ0n) is 24.9. The Morgan fingerprint density at radius 1 is 0.667 bits per heavy atom. The molecule has 1 aliphatic rings. The van der Waals surface area contributed by atoms with Gasteiger partial charge >= 0.3 is 0 Å². The summed E-state index contributed by atoms with van der Waals surface area (Å²) >= 11 is 0. The third kappa shape index (κ3) is 5.53. The average molecular weight is 555 g/mol. The molecule has 6 rings (SSSR count). The lowest BCUT2D eigenvalue weighted by molar-refractivity contribution is 0.0588. The Balaban J connectivity index is 1.31. The summed E-state index contributed by atoms with van der Waals surface area (Å²) in [5.41, 5.74) is 10.6. The maximum absolute atomic E-state index is 14.2. The third-order valence-electron chi connectivity index (χ3n) is 8.52. The van der Waals surface area contributed by atoms with Crippen LogP contribution in [-0.4, -0.2) is 51.7 Å². The van der Waals surface area contributed by atoms with E-state index in [1.807, 2.05) is 15.6 Å². The Kier molecular flexibility index (Phi) is 7.77. The maximum atomic E-state index is 14.2. The molecule has 0 atom stereocenters. The number of benzene rings is 4. The van der Waals surface area contributed by atoms with Gasteiger partial charge in [-0.05, 0) is 79.3 Å². The molecule has 0 unspecified atom stereocenters. The highest BCUT2D eigenvalue weighted by Crippen LogP contribution is 2.31. The number of hydrogen-bond donors (Lipinski definition) is 0. The van der Waals surface area contributed by atoms with Crippen LogP contribution in [0.4, 0.5) is 0 Å². The minimum Gasteiger partial charge on any atom is -0.335 e. The van der Waals surface area contributed by atoms with Crippen LogP contribution in [0.15, 0.2) is 103 Å². The quantitative estimate of drug-likeness (QED) is 0.221. The minimum absolute atomic E-state index is 0.0223. The molecule has 1 saturated heterocycles. The van der Waals surface area contributed by atoms with Crippen molar-refractivity contribution in [1.82, 2.24) is 19.6 Å². The molecule has 1 fully saturated rings. The molecule has 1 aromatic heterocycles. The molecule has 0 saturated carbocycles. The lowest BCUT2D eigenvalue weighted by Crippen LogP contribution is -2.50. The molecule has 0 bridgehead atoms. The van der Waals surface area contributed by atoms with Gasteiger partial charge in [-0.1, -0.05) is 84.9 Å². The van der Waals surface area contributed by atoms with Crippen LogP contribution in [-0.2, 0) is 0 Å². The largest absolute Gasteiger partial charge is 0.335 e. The van der Waals surface area contributed by atoms with Gasteiger partial charge in [0.25, 0.3) is 5.91 Å². The number of aryl methyl sites for hydroxylation is 4. The second-order valence-corrected chi connectivity index (χ2v) is 11.5. The number of carbonyl (C=O) groups excluding carboxylic acids is 1. The van der Waals surface area contributed by atoms with E-state index in [0.717, 1.165) is 41.2 Å². The summed E-state index contributed by atoms with van der Waals surface area (Å²) in [6.07, 6.45) is 0. The summed E-state index contributed by atoms with van der Waals surface area (Å²) < 4.78 is 1.86. The van der Waals surface area contributed by atoms with E-state index in [4.69, 9.17) is 5.10 Å². The van der Waals surface area contributed by atoms with Gasteiger partial charge in [-0.3, -0.25) is 9.69 Å². The van der Waals surface area contributed by atoms with Crippen molar-refractivity contribution in [2.45, 2.75) is 33.7 Å². The zero-order chi connectivity index (χ0) is 29.2. The first-order valence-corrected chi connectivity index (χ1v) is 14.8. The van der Waals surface area contributed by atoms with Crippen LogP contribution in [0, 0.1) is 27.7 Å². The van der Waals surface area contributed by atoms with Gasteiger partial charge in [0.05, 0.1) is 17.4 Å². The zero-order valence-corrected chi connectivity index (χ0v) is 24.9. The first-order valence-electron chi connectivity index (χ1n) is 14.8. The van der Waals surface area contributed by atoms with Gasteiger partial charge < -0.3 is 4.90 Å². The summed E-state index contributed by atoms with van der Waals surface area (Å²) in [5, 5.41) is 5.02. The molecule has 1 amide bonds. The van der Waals surface area contributed by atoms with E-state index in [0.29, 0.717) is 18.8 Å². The summed E-state index contributed by atoms with van der Waals surface area (Å²) in [4.78, 5) is 18.7. The van der Waals surface area contributed by atoms with Crippen molar-refractivity contribution in [2.75, 3.05) is 26.2 Å². The molecular weight excluding hydrogens is 516 g/mol. The van der Waals surface area contributed by atoms with E-state index in [1.54, 1.807) is 0 Å². The van der Waals surface area contributed by atoms with Crippen molar-refractivity contribution in [3.05, 3.63) is 142 Å². The summed E-state index contributed by atoms with van der Waals surface area (Å²) in [5.74, 6) is 0.0223. The van der Waals surface area contributed by atoms with Gasteiger partial charge in [0, 0.05) is 31.7 Å². The smallest absolute Gasteiger partial charge is 0.272 e. The molecular formula is C37H38N4O. The SMILES string of the molecule is Cc1ccc(C)c(-n2nc(-c3ccc(C)c(C)c3)cc2C(=O)N2CCN(C(c3ccccc3)c3ccccc3)CC2)c1. The molecule has 0 N–H and O–H groups in total. The second kappa shape index (κ2) is 11.8. The summed E-state index contributed by atoms with van der Waals surface area (Å²) in [7, 11) is 0. The van der Waals surface area contributed by atoms with Crippen LogP contribution in [0.25, 0.3) is 16.9 Å². The predicted octanol–water partition coefficient (Wildman–Crippen LogP) is 7.32. The van der Waals surface area contributed by atoms with Gasteiger partial charge in [-0.2, -0.15) is 5.10 Å². The number of piperazine rings is 1. The minimum atomic E-state index is 0.0223. The van der Waals surface area contributed by atoms with Crippen LogP contribution in [0.1, 0.15) is 49.9 Å². The van der Waals surface area contributed by atoms with E-state index in [9.17, 15) is 4.79 Å². The highest BCUT2D eigenvalue weighted by Gasteiger charge is 2.30. The fourth-order valence-electron chi connectivity index (χ4n) is 5.94. The number of nitrogens with zero attached hydrogens (tertiary/aromatic N) is 4.